The van der Waals surface area contributed by atoms with Crippen molar-refractivity contribution in [2.75, 3.05) is 5.75 Å². The molecule has 0 nitrogen and oxygen atoms in total. The summed E-state index contributed by atoms with van der Waals surface area (Å²) in [5, 5.41) is 0.0384. The van der Waals surface area contributed by atoms with Crippen molar-refractivity contribution in [2.45, 2.75) is 64.5 Å². The minimum atomic E-state index is 0.0384. The third kappa shape index (κ3) is 6.68. The van der Waals surface area contributed by atoms with Crippen LogP contribution in [-0.4, -0.2) is 11.0 Å². The van der Waals surface area contributed by atoms with E-state index in [-0.39, 0.29) is 10.7 Å². The zero-order valence-corrected chi connectivity index (χ0v) is 20.1. The van der Waals surface area contributed by atoms with E-state index in [1.54, 1.807) is 0 Å². The Bertz CT molecular complexity index is 906. The molecule has 1 unspecified atom stereocenters. The van der Waals surface area contributed by atoms with Gasteiger partial charge in [-0.05, 0) is 53.0 Å². The van der Waals surface area contributed by atoms with Crippen molar-refractivity contribution in [1.29, 1.82) is 0 Å². The van der Waals surface area contributed by atoms with Gasteiger partial charge in [0.1, 0.15) is 0 Å². The van der Waals surface area contributed by atoms with Crippen LogP contribution in [0.5, 0.6) is 0 Å². The minimum Gasteiger partial charge on any atom is -0.140 e. The first kappa shape index (κ1) is 24.1. The molecule has 0 heterocycles. The van der Waals surface area contributed by atoms with E-state index in [9.17, 15) is 0 Å². The normalized spacial score (nSPS) is 12.7. The van der Waals surface area contributed by atoms with Crippen LogP contribution in [0.1, 0.15) is 61.9 Å². The molecule has 2 aromatic rings. The molecule has 0 aliphatic rings. The molecular formula is C29H36S. The van der Waals surface area contributed by atoms with E-state index in [0.717, 1.165) is 30.6 Å². The van der Waals surface area contributed by atoms with Gasteiger partial charge in [0.2, 0.25) is 0 Å². The molecule has 1 heteroatoms. The van der Waals surface area contributed by atoms with Gasteiger partial charge in [-0.1, -0.05) is 107 Å². The van der Waals surface area contributed by atoms with Gasteiger partial charge in [0.15, 0.2) is 0 Å². The molecule has 0 aromatic heterocycles. The van der Waals surface area contributed by atoms with Crippen LogP contribution in [-0.2, 0) is 18.3 Å². The van der Waals surface area contributed by atoms with Crippen LogP contribution >= 0.6 is 11.8 Å². The van der Waals surface area contributed by atoms with Crippen molar-refractivity contribution < 1.29 is 0 Å². The lowest BCUT2D eigenvalue weighted by atomic mass is 9.86. The number of hydrogen-bond acceptors (Lipinski definition) is 1. The molecule has 30 heavy (non-hydrogen) atoms. The lowest BCUT2D eigenvalue weighted by molar-refractivity contribution is 0.602. The molecule has 0 bridgehead atoms. The van der Waals surface area contributed by atoms with Crippen molar-refractivity contribution in [3.05, 3.63) is 89.0 Å². The fourth-order valence-electron chi connectivity index (χ4n) is 3.52. The van der Waals surface area contributed by atoms with Crippen LogP contribution in [0.15, 0.2) is 61.2 Å². The fourth-order valence-corrected chi connectivity index (χ4v) is 4.57. The molecule has 1 atom stereocenters. The third-order valence-electron chi connectivity index (χ3n) is 5.57. The maximum absolute atomic E-state index is 5.84. The predicted molar refractivity (Wildman–Crippen MR) is 137 cm³/mol. The fraction of sp³-hybridized carbons (Fsp3) is 0.379. The van der Waals surface area contributed by atoms with Crippen LogP contribution in [0.25, 0.3) is 5.57 Å². The summed E-state index contributed by atoms with van der Waals surface area (Å²) in [5.41, 5.74) is 7.80. The van der Waals surface area contributed by atoms with E-state index in [0.29, 0.717) is 0 Å². The quantitative estimate of drug-likeness (QED) is 0.281. The largest absolute Gasteiger partial charge is 0.140 e. The summed E-state index contributed by atoms with van der Waals surface area (Å²) >= 11 is 1.82. The van der Waals surface area contributed by atoms with Crippen LogP contribution < -0.4 is 0 Å². The molecule has 0 aliphatic heterocycles. The smallest absolute Gasteiger partial charge is 0.0837 e. The second-order valence-electron chi connectivity index (χ2n) is 8.62. The number of rotatable bonds is 10. The topological polar surface area (TPSA) is 0 Å². The lowest BCUT2D eigenvalue weighted by Gasteiger charge is -2.26. The number of allylic oxidation sites excluding steroid dienone is 2. The zero-order chi connectivity index (χ0) is 22.1. The first-order chi connectivity index (χ1) is 14.3. The number of terminal acetylenes is 1. The second-order valence-corrected chi connectivity index (χ2v) is 9.75. The highest BCUT2D eigenvalue weighted by atomic mass is 32.2. The molecule has 2 aromatic carbocycles. The van der Waals surface area contributed by atoms with Gasteiger partial charge in [0.05, 0.1) is 5.25 Å². The Morgan fingerprint density at radius 3 is 2.43 bits per heavy atom. The molecule has 0 radical (unpaired) electrons. The van der Waals surface area contributed by atoms with Crippen LogP contribution in [0, 0.1) is 19.3 Å². The van der Waals surface area contributed by atoms with Gasteiger partial charge in [-0.3, -0.25) is 0 Å². The summed E-state index contributed by atoms with van der Waals surface area (Å²) in [6, 6.07) is 15.5. The molecule has 0 saturated carbocycles. The molecule has 2 rings (SSSR count). The van der Waals surface area contributed by atoms with Gasteiger partial charge in [-0.2, -0.15) is 0 Å². The van der Waals surface area contributed by atoms with E-state index in [1.807, 2.05) is 11.8 Å². The summed E-state index contributed by atoms with van der Waals surface area (Å²) in [6.45, 7) is 15.4. The van der Waals surface area contributed by atoms with Crippen LogP contribution in [0.2, 0.25) is 0 Å². The van der Waals surface area contributed by atoms with Gasteiger partial charge in [-0.25, -0.2) is 0 Å². The highest BCUT2D eigenvalue weighted by Crippen LogP contribution is 2.30. The highest BCUT2D eigenvalue weighted by Gasteiger charge is 2.21. The summed E-state index contributed by atoms with van der Waals surface area (Å²) < 4.78 is 0. The van der Waals surface area contributed by atoms with Crippen molar-refractivity contribution in [2.24, 2.45) is 0 Å². The Hall–Kier alpha value is -2.17. The highest BCUT2D eigenvalue weighted by molar-refractivity contribution is 8.00. The van der Waals surface area contributed by atoms with Crippen LogP contribution in [0.4, 0.5) is 0 Å². The molecular weight excluding hydrogens is 380 g/mol. The molecule has 0 amide bonds. The zero-order valence-electron chi connectivity index (χ0n) is 19.3. The minimum absolute atomic E-state index is 0.0384. The van der Waals surface area contributed by atoms with Crippen molar-refractivity contribution in [3.63, 3.8) is 0 Å². The predicted octanol–water partition coefficient (Wildman–Crippen LogP) is 7.79. The van der Waals surface area contributed by atoms with E-state index in [2.05, 4.69) is 102 Å². The van der Waals surface area contributed by atoms with Gasteiger partial charge in [-0.15, -0.1) is 18.2 Å². The third-order valence-corrected chi connectivity index (χ3v) is 7.11. The second kappa shape index (κ2) is 11.3. The molecule has 0 N–H and O–H groups in total. The van der Waals surface area contributed by atoms with Gasteiger partial charge in [0, 0.05) is 5.75 Å². The Morgan fingerprint density at radius 1 is 1.13 bits per heavy atom. The van der Waals surface area contributed by atoms with Crippen molar-refractivity contribution in [1.82, 2.24) is 0 Å². The van der Waals surface area contributed by atoms with E-state index in [4.69, 9.17) is 6.42 Å². The molecule has 0 fully saturated rings. The lowest BCUT2D eigenvalue weighted by Crippen LogP contribution is -2.21. The Kier molecular flexibility index (Phi) is 9.07. The number of hydrogen-bond donors (Lipinski definition) is 0. The average Bonchev–Trinajstić information content (AvgIpc) is 2.74. The number of thioether (sulfide) groups is 1. The monoisotopic (exact) mass is 416 g/mol. The maximum atomic E-state index is 5.84. The Morgan fingerprint density at radius 2 is 1.83 bits per heavy atom. The SMILES string of the molecule is C#CC(/C=C\C(=C)c1ccc(CC)c(CCC)c1)SCC(C)(C)c1ccc(C)cc1. The molecule has 0 aliphatic carbocycles. The van der Waals surface area contributed by atoms with Gasteiger partial charge >= 0.3 is 0 Å². The first-order valence-electron chi connectivity index (χ1n) is 10.9. The first-order valence-corrected chi connectivity index (χ1v) is 12.0. The number of benzene rings is 2. The molecule has 0 spiro atoms. The molecule has 0 saturated heterocycles. The Balaban J connectivity index is 2.04. The van der Waals surface area contributed by atoms with Gasteiger partial charge < -0.3 is 0 Å². The maximum Gasteiger partial charge on any atom is 0.0837 e. The van der Waals surface area contributed by atoms with Crippen molar-refractivity contribution in [3.8, 4) is 12.3 Å². The number of aryl methyl sites for hydroxylation is 3. The summed E-state index contributed by atoms with van der Waals surface area (Å²) in [7, 11) is 0. The summed E-state index contributed by atoms with van der Waals surface area (Å²) in [6.07, 6.45) is 13.4. The standard InChI is InChI=1S/C29H36S/c1-8-11-26-20-25(16-15-24(26)9-2)23(5)14-19-28(10-3)30-21-29(6,7)27-17-12-22(4)13-18-27/h3,12-20,28H,5,8-9,11,21H2,1-2,4,6-7H3/b19-14-. The van der Waals surface area contributed by atoms with E-state index in [1.165, 1.54) is 27.8 Å². The Labute approximate surface area is 188 Å². The van der Waals surface area contributed by atoms with Crippen molar-refractivity contribution >= 4 is 17.3 Å². The van der Waals surface area contributed by atoms with Gasteiger partial charge in [0.25, 0.3) is 0 Å². The average molecular weight is 417 g/mol. The van der Waals surface area contributed by atoms with Crippen LogP contribution in [0.3, 0.4) is 0 Å². The van der Waals surface area contributed by atoms with E-state index < -0.39 is 0 Å². The van der Waals surface area contributed by atoms with E-state index >= 15 is 0 Å². The molecule has 158 valence electrons. The summed E-state index contributed by atoms with van der Waals surface area (Å²) in [5.74, 6) is 3.89. The summed E-state index contributed by atoms with van der Waals surface area (Å²) in [4.78, 5) is 0.